The van der Waals surface area contributed by atoms with Crippen LogP contribution < -0.4 is 10.6 Å². The summed E-state index contributed by atoms with van der Waals surface area (Å²) in [6, 6.07) is 0. The molecule has 4 rings (SSSR count). The largest absolute Gasteiger partial charge is 0.451 e. The van der Waals surface area contributed by atoms with Gasteiger partial charge in [0.05, 0.1) is 6.61 Å². The first kappa shape index (κ1) is 20.1. The smallest absolute Gasteiger partial charge is 0.326 e. The second kappa shape index (κ2) is 8.59. The molecule has 7 nitrogen and oxygen atoms in total. The van der Waals surface area contributed by atoms with Crippen molar-refractivity contribution in [2.45, 2.75) is 58.0 Å². The summed E-state index contributed by atoms with van der Waals surface area (Å²) in [5, 5.41) is 5.30. The minimum absolute atomic E-state index is 0.0777. The average Bonchev–Trinajstić information content (AvgIpc) is 2.58. The van der Waals surface area contributed by atoms with E-state index in [9.17, 15) is 14.4 Å². The summed E-state index contributed by atoms with van der Waals surface area (Å²) in [7, 11) is 1.54. The van der Waals surface area contributed by atoms with Gasteiger partial charge in [0.25, 0.3) is 5.91 Å². The van der Waals surface area contributed by atoms with Crippen LogP contribution in [0.1, 0.15) is 51.9 Å². The lowest BCUT2D eigenvalue weighted by Crippen LogP contribution is -2.48. The normalized spacial score (nSPS) is 32.0. The molecule has 0 aromatic heterocycles. The molecule has 0 aromatic carbocycles. The average molecular weight is 380 g/mol. The molecule has 0 radical (unpaired) electrons. The first-order chi connectivity index (χ1) is 12.9. The Morgan fingerprint density at radius 1 is 1.04 bits per heavy atom. The third-order valence-electron chi connectivity index (χ3n) is 6.41. The van der Waals surface area contributed by atoms with Crippen molar-refractivity contribution in [1.82, 2.24) is 10.6 Å². The van der Waals surface area contributed by atoms with E-state index in [1.54, 1.807) is 7.11 Å². The van der Waals surface area contributed by atoms with Crippen LogP contribution >= 0.6 is 0 Å². The predicted octanol–water partition coefficient (Wildman–Crippen LogP) is 1.40. The minimum Gasteiger partial charge on any atom is -0.451 e. The zero-order valence-electron chi connectivity index (χ0n) is 16.4. The highest BCUT2D eigenvalue weighted by molar-refractivity contribution is 5.86. The van der Waals surface area contributed by atoms with E-state index in [-0.39, 0.29) is 23.8 Å². The molecule has 4 fully saturated rings. The van der Waals surface area contributed by atoms with Crippen LogP contribution in [0.15, 0.2) is 0 Å². The Morgan fingerprint density at radius 3 is 2.19 bits per heavy atom. The van der Waals surface area contributed by atoms with Gasteiger partial charge in [-0.05, 0) is 68.6 Å². The molecule has 0 heterocycles. The zero-order valence-corrected chi connectivity index (χ0v) is 16.4. The molecule has 27 heavy (non-hydrogen) atoms. The number of carbonyl (C=O) groups excluding carboxylic acids is 3. The molecule has 0 aromatic rings. The minimum atomic E-state index is -0.894. The lowest BCUT2D eigenvalue weighted by molar-refractivity contribution is -0.154. The number of carbonyl (C=O) groups is 3. The maximum atomic E-state index is 12.4. The second-order valence-electron chi connectivity index (χ2n) is 8.79. The molecular weight excluding hydrogens is 348 g/mol. The van der Waals surface area contributed by atoms with Crippen molar-refractivity contribution in [2.24, 2.45) is 23.2 Å². The fourth-order valence-corrected chi connectivity index (χ4v) is 5.79. The van der Waals surface area contributed by atoms with Crippen molar-refractivity contribution in [2.75, 3.05) is 26.8 Å². The van der Waals surface area contributed by atoms with E-state index in [0.29, 0.717) is 19.6 Å². The fourth-order valence-electron chi connectivity index (χ4n) is 5.79. The van der Waals surface area contributed by atoms with Gasteiger partial charge in [-0.1, -0.05) is 0 Å². The molecule has 7 heteroatoms. The van der Waals surface area contributed by atoms with Crippen LogP contribution in [0.3, 0.4) is 0 Å². The second-order valence-corrected chi connectivity index (χ2v) is 8.79. The van der Waals surface area contributed by atoms with E-state index < -0.39 is 12.1 Å². The molecule has 2 N–H and O–H groups in total. The molecule has 0 unspecified atom stereocenters. The van der Waals surface area contributed by atoms with E-state index in [4.69, 9.17) is 9.47 Å². The Morgan fingerprint density at radius 2 is 1.63 bits per heavy atom. The number of rotatable bonds is 9. The Hall–Kier alpha value is -1.63. The van der Waals surface area contributed by atoms with E-state index in [1.807, 2.05) is 0 Å². The van der Waals surface area contributed by atoms with Gasteiger partial charge >= 0.3 is 5.97 Å². The van der Waals surface area contributed by atoms with Crippen LogP contribution in [0.5, 0.6) is 0 Å². The van der Waals surface area contributed by atoms with Crippen LogP contribution in [0, 0.1) is 23.2 Å². The van der Waals surface area contributed by atoms with Crippen molar-refractivity contribution in [3.8, 4) is 0 Å². The highest BCUT2D eigenvalue weighted by atomic mass is 16.5. The van der Waals surface area contributed by atoms with Crippen LogP contribution in [0.2, 0.25) is 0 Å². The highest BCUT2D eigenvalue weighted by Gasteiger charge is 2.51. The van der Waals surface area contributed by atoms with Crippen LogP contribution in [0.25, 0.3) is 0 Å². The number of amides is 2. The Bertz CT molecular complexity index is 541. The van der Waals surface area contributed by atoms with Crippen molar-refractivity contribution in [3.05, 3.63) is 0 Å². The van der Waals surface area contributed by atoms with Gasteiger partial charge in [0.2, 0.25) is 5.91 Å². The van der Waals surface area contributed by atoms with Gasteiger partial charge < -0.3 is 20.1 Å². The van der Waals surface area contributed by atoms with E-state index in [1.165, 1.54) is 26.2 Å². The first-order valence-corrected chi connectivity index (χ1v) is 10.1. The van der Waals surface area contributed by atoms with Gasteiger partial charge in [-0.2, -0.15) is 0 Å². The lowest BCUT2D eigenvalue weighted by atomic mass is 9.49. The molecule has 4 bridgehead atoms. The molecule has 152 valence electrons. The van der Waals surface area contributed by atoms with Gasteiger partial charge in [-0.3, -0.25) is 14.4 Å². The number of hydrogen-bond acceptors (Lipinski definition) is 5. The van der Waals surface area contributed by atoms with E-state index >= 15 is 0 Å². The summed E-state index contributed by atoms with van der Waals surface area (Å²) < 4.78 is 9.93. The molecule has 0 aliphatic heterocycles. The number of nitrogens with one attached hydrogen (secondary N) is 2. The molecule has 0 spiro atoms. The summed E-state index contributed by atoms with van der Waals surface area (Å²) >= 11 is 0. The van der Waals surface area contributed by atoms with Crippen LogP contribution in [-0.2, 0) is 23.9 Å². The third-order valence-corrected chi connectivity index (χ3v) is 6.41. The number of hydrogen-bond donors (Lipinski definition) is 2. The third kappa shape index (κ3) is 5.21. The summed E-state index contributed by atoms with van der Waals surface area (Å²) in [6.45, 7) is 2.07. The van der Waals surface area contributed by atoms with Crippen LogP contribution in [0.4, 0.5) is 0 Å². The number of methoxy groups -OCH3 is 1. The number of ether oxygens (including phenoxy) is 2. The fraction of sp³-hybridized carbons (Fsp3) is 0.850. The highest BCUT2D eigenvalue weighted by Crippen LogP contribution is 2.61. The van der Waals surface area contributed by atoms with Crippen molar-refractivity contribution in [3.63, 3.8) is 0 Å². The molecule has 4 aliphatic carbocycles. The predicted molar refractivity (Wildman–Crippen MR) is 98.7 cm³/mol. The van der Waals surface area contributed by atoms with Crippen molar-refractivity contribution in [1.29, 1.82) is 0 Å². The first-order valence-electron chi connectivity index (χ1n) is 10.1. The summed E-state index contributed by atoms with van der Waals surface area (Å²) in [6.07, 6.45) is 7.14. The topological polar surface area (TPSA) is 93.7 Å². The number of esters is 1. The molecule has 2 amide bonds. The van der Waals surface area contributed by atoms with Gasteiger partial charge in [0, 0.05) is 20.1 Å². The molecule has 4 saturated carbocycles. The molecule has 4 aliphatic rings. The summed E-state index contributed by atoms with van der Waals surface area (Å²) in [4.78, 5) is 36.1. The summed E-state index contributed by atoms with van der Waals surface area (Å²) in [5.74, 6) is 1.35. The van der Waals surface area contributed by atoms with E-state index in [2.05, 4.69) is 10.6 Å². The zero-order chi connectivity index (χ0) is 19.4. The maximum Gasteiger partial charge on any atom is 0.326 e. The van der Waals surface area contributed by atoms with E-state index in [0.717, 1.165) is 37.0 Å². The van der Waals surface area contributed by atoms with Crippen LogP contribution in [-0.4, -0.2) is 50.7 Å². The molecule has 1 atom stereocenters. The van der Waals surface area contributed by atoms with Gasteiger partial charge in [0.15, 0.2) is 6.10 Å². The Kier molecular flexibility index (Phi) is 6.40. The SMILES string of the molecule is COCCNC(=O)[C@@H](C)OC(=O)CNC(=O)CC12CC3CC(CC(C3)C1)C2. The van der Waals surface area contributed by atoms with Gasteiger partial charge in [-0.15, -0.1) is 0 Å². The Balaban J connectivity index is 1.38. The quantitative estimate of drug-likeness (QED) is 0.466. The summed E-state index contributed by atoms with van der Waals surface area (Å²) in [5.41, 5.74) is 0.150. The monoisotopic (exact) mass is 380 g/mol. The van der Waals surface area contributed by atoms with Gasteiger partial charge in [0.1, 0.15) is 6.54 Å². The molecular formula is C20H32N2O5. The lowest BCUT2D eigenvalue weighted by Gasteiger charge is -2.56. The standard InChI is InChI=1S/C20H32N2O5/c1-13(19(25)21-3-4-26-2)27-18(24)12-22-17(23)11-20-8-14-5-15(9-20)7-16(6-14)10-20/h13-16H,3-12H2,1-2H3,(H,21,25)(H,22,23)/t13-,14?,15?,16?,20?/m1/s1. The van der Waals surface area contributed by atoms with Crippen molar-refractivity contribution >= 4 is 17.8 Å². The van der Waals surface area contributed by atoms with Crippen molar-refractivity contribution < 1.29 is 23.9 Å². The van der Waals surface area contributed by atoms with Gasteiger partial charge in [-0.25, -0.2) is 0 Å². The maximum absolute atomic E-state index is 12.4. The Labute approximate surface area is 160 Å². The molecule has 0 saturated heterocycles.